The summed E-state index contributed by atoms with van der Waals surface area (Å²) in [5, 5.41) is 0. The Morgan fingerprint density at radius 2 is 1.67 bits per heavy atom. The van der Waals surface area contributed by atoms with Crippen molar-refractivity contribution in [3.05, 3.63) is 28.8 Å². The Bertz CT molecular complexity index is 287. The van der Waals surface area contributed by atoms with Gasteiger partial charge in [-0.1, -0.05) is 0 Å². The maximum Gasteiger partial charge on any atom is 0.0399 e. The quantitative estimate of drug-likeness (QED) is 0.613. The van der Waals surface area contributed by atoms with Gasteiger partial charge in [-0.25, -0.2) is 0 Å². The van der Waals surface area contributed by atoms with E-state index in [2.05, 4.69) is 51.9 Å². The molecule has 1 heteroatoms. The van der Waals surface area contributed by atoms with Crippen molar-refractivity contribution < 1.29 is 0 Å². The number of anilines is 1. The van der Waals surface area contributed by atoms with Crippen LogP contribution in [0.3, 0.4) is 0 Å². The molecule has 1 nitrogen and oxygen atoms in total. The van der Waals surface area contributed by atoms with Crippen LogP contribution < -0.4 is 4.90 Å². The largest absolute Gasteiger partial charge is 0.377 e. The molecule has 0 N–H and O–H groups in total. The highest BCUT2D eigenvalue weighted by atomic mass is 15.1. The van der Waals surface area contributed by atoms with Gasteiger partial charge in [0, 0.05) is 19.8 Å². The third kappa shape index (κ3) is 1.45. The molecule has 0 saturated carbocycles. The molecule has 0 unspecified atom stereocenters. The van der Waals surface area contributed by atoms with Crippen LogP contribution >= 0.6 is 0 Å². The summed E-state index contributed by atoms with van der Waals surface area (Å²) in [6.07, 6.45) is 0. The minimum atomic E-state index is 1.25. The van der Waals surface area contributed by atoms with Crippen molar-refractivity contribution in [1.82, 2.24) is 0 Å². The molecule has 0 amide bonds. The summed E-state index contributed by atoms with van der Waals surface area (Å²) in [6, 6.07) is 5.30. The molecule has 0 atom stereocenters. The Morgan fingerprint density at radius 3 is 2.17 bits per heavy atom. The van der Waals surface area contributed by atoms with Gasteiger partial charge in [0.1, 0.15) is 0 Å². The highest BCUT2D eigenvalue weighted by molar-refractivity contribution is 5.56. The summed E-state index contributed by atoms with van der Waals surface area (Å²) in [5.74, 6) is 0. The monoisotopic (exact) mass is 162 g/mol. The van der Waals surface area contributed by atoms with E-state index in [9.17, 15) is 0 Å². The van der Waals surface area contributed by atoms with Gasteiger partial charge < -0.3 is 4.90 Å². The summed E-state index contributed by atoms with van der Waals surface area (Å²) in [4.78, 5) is 2.12. The molecule has 0 aromatic heterocycles. The number of nitrogens with zero attached hydrogens (tertiary/aromatic N) is 1. The van der Waals surface area contributed by atoms with Crippen LogP contribution in [-0.2, 0) is 0 Å². The third-order valence-electron chi connectivity index (χ3n) is 2.42. The fourth-order valence-electron chi connectivity index (χ4n) is 1.33. The van der Waals surface area contributed by atoms with Gasteiger partial charge in [0.25, 0.3) is 0 Å². The van der Waals surface area contributed by atoms with Gasteiger partial charge in [-0.3, -0.25) is 0 Å². The van der Waals surface area contributed by atoms with Crippen LogP contribution in [-0.4, -0.2) is 14.1 Å². The zero-order valence-corrected chi connectivity index (χ0v) is 8.52. The van der Waals surface area contributed by atoms with Crippen LogP contribution in [0.25, 0.3) is 0 Å². The van der Waals surface area contributed by atoms with Crippen molar-refractivity contribution >= 4 is 5.69 Å². The Morgan fingerprint density at radius 1 is 1.08 bits per heavy atom. The summed E-state index contributed by atoms with van der Waals surface area (Å²) in [5.41, 5.74) is 5.22. The van der Waals surface area contributed by atoms with Gasteiger partial charge in [0.2, 0.25) is 0 Å². The molecule has 12 heavy (non-hydrogen) atoms. The summed E-state index contributed by atoms with van der Waals surface area (Å²) in [7, 11) is 4.12. The normalized spacial score (nSPS) is 10.1. The first kappa shape index (κ1) is 9.11. The number of hydrogen-bond acceptors (Lipinski definition) is 1. The lowest BCUT2D eigenvalue weighted by atomic mass is 10.0. The highest BCUT2D eigenvalue weighted by Crippen LogP contribution is 2.22. The first-order valence-corrected chi connectivity index (χ1v) is 4.20. The summed E-state index contributed by atoms with van der Waals surface area (Å²) >= 11 is 0. The molecule has 0 aliphatic rings. The van der Waals surface area contributed by atoms with E-state index < -0.39 is 0 Å². The average molecular weight is 162 g/mol. The average Bonchev–Trinajstić information content (AvgIpc) is 2.00. The molecule has 0 aliphatic carbocycles. The minimum Gasteiger partial charge on any atom is -0.377 e. The molecule has 1 aromatic rings. The smallest absolute Gasteiger partial charge is 0.0399 e. The molecule has 65 valence electrons. The van der Waals surface area contributed by atoms with Gasteiger partial charge in [0.15, 0.2) is 0 Å². The molecule has 0 heterocycles. The van der Waals surface area contributed by atoms with Gasteiger partial charge >= 0.3 is 0 Å². The van der Waals surface area contributed by atoms with Crippen LogP contribution in [0, 0.1) is 26.8 Å². The minimum absolute atomic E-state index is 1.25. The molecule has 1 radical (unpaired) electrons. The standard InChI is InChI=1S/C11H16N/c1-8-6-7-11(12(4)5)10(3)9(8)2/h7H,1-5H3. The molecule has 0 fully saturated rings. The van der Waals surface area contributed by atoms with E-state index in [-0.39, 0.29) is 0 Å². The lowest BCUT2D eigenvalue weighted by Gasteiger charge is -2.17. The number of hydrogen-bond donors (Lipinski definition) is 0. The fraction of sp³-hybridized carbons (Fsp3) is 0.455. The van der Waals surface area contributed by atoms with Crippen molar-refractivity contribution in [2.24, 2.45) is 0 Å². The molecular weight excluding hydrogens is 146 g/mol. The predicted molar refractivity (Wildman–Crippen MR) is 53.8 cm³/mol. The van der Waals surface area contributed by atoms with Gasteiger partial charge in [-0.2, -0.15) is 0 Å². The van der Waals surface area contributed by atoms with E-state index in [0.717, 1.165) is 0 Å². The Balaban J connectivity index is 3.27. The maximum absolute atomic E-state index is 3.25. The van der Waals surface area contributed by atoms with Crippen LogP contribution in [0.1, 0.15) is 16.7 Å². The fourth-order valence-corrected chi connectivity index (χ4v) is 1.33. The predicted octanol–water partition coefficient (Wildman–Crippen LogP) is 2.48. The zero-order chi connectivity index (χ0) is 9.30. The lowest BCUT2D eigenvalue weighted by Crippen LogP contribution is -2.11. The van der Waals surface area contributed by atoms with Crippen LogP contribution in [0.15, 0.2) is 6.07 Å². The molecule has 1 aromatic carbocycles. The highest BCUT2D eigenvalue weighted by Gasteiger charge is 2.04. The SMILES string of the molecule is Cc1[c]cc(N(C)C)c(C)c1C. The van der Waals surface area contributed by atoms with E-state index in [1.807, 2.05) is 0 Å². The molecule has 0 bridgehead atoms. The topological polar surface area (TPSA) is 3.24 Å². The first-order valence-electron chi connectivity index (χ1n) is 4.20. The Hall–Kier alpha value is -0.980. The molecule has 1 rings (SSSR count). The third-order valence-corrected chi connectivity index (χ3v) is 2.42. The second kappa shape index (κ2) is 3.18. The van der Waals surface area contributed by atoms with E-state index >= 15 is 0 Å². The van der Waals surface area contributed by atoms with E-state index in [1.165, 1.54) is 22.4 Å². The van der Waals surface area contributed by atoms with Crippen molar-refractivity contribution in [2.45, 2.75) is 20.8 Å². The van der Waals surface area contributed by atoms with Crippen LogP contribution in [0.5, 0.6) is 0 Å². The molecule has 0 aliphatic heterocycles. The summed E-state index contributed by atoms with van der Waals surface area (Å²) < 4.78 is 0. The van der Waals surface area contributed by atoms with Gasteiger partial charge in [0.05, 0.1) is 0 Å². The van der Waals surface area contributed by atoms with Crippen molar-refractivity contribution in [3.8, 4) is 0 Å². The van der Waals surface area contributed by atoms with E-state index in [4.69, 9.17) is 0 Å². The van der Waals surface area contributed by atoms with E-state index in [1.54, 1.807) is 0 Å². The number of aryl methyl sites for hydroxylation is 1. The Labute approximate surface area is 75.0 Å². The lowest BCUT2D eigenvalue weighted by molar-refractivity contribution is 1.10. The first-order chi connectivity index (χ1) is 5.54. The molecule has 0 saturated heterocycles. The van der Waals surface area contributed by atoms with Gasteiger partial charge in [-0.15, -0.1) is 0 Å². The van der Waals surface area contributed by atoms with Crippen molar-refractivity contribution in [3.63, 3.8) is 0 Å². The maximum atomic E-state index is 3.25. The Kier molecular flexibility index (Phi) is 2.41. The number of rotatable bonds is 1. The van der Waals surface area contributed by atoms with Crippen LogP contribution in [0.4, 0.5) is 5.69 Å². The van der Waals surface area contributed by atoms with Gasteiger partial charge in [-0.05, 0) is 49.6 Å². The molecular formula is C11H16N. The number of benzene rings is 1. The van der Waals surface area contributed by atoms with E-state index in [0.29, 0.717) is 0 Å². The van der Waals surface area contributed by atoms with Crippen molar-refractivity contribution in [2.75, 3.05) is 19.0 Å². The van der Waals surface area contributed by atoms with Crippen molar-refractivity contribution in [1.29, 1.82) is 0 Å². The molecule has 0 spiro atoms. The van der Waals surface area contributed by atoms with Crippen LogP contribution in [0.2, 0.25) is 0 Å². The second-order valence-corrected chi connectivity index (χ2v) is 3.44. The summed E-state index contributed by atoms with van der Waals surface area (Å²) in [6.45, 7) is 6.40. The zero-order valence-electron chi connectivity index (χ0n) is 8.52. The second-order valence-electron chi connectivity index (χ2n) is 3.44.